The molecule has 0 unspecified atom stereocenters. The molecule has 3 N–H and O–H groups in total. The van der Waals surface area contributed by atoms with E-state index in [0.29, 0.717) is 16.9 Å². The van der Waals surface area contributed by atoms with Crippen LogP contribution in [-0.2, 0) is 4.79 Å². The molecule has 27 heavy (non-hydrogen) atoms. The molecule has 1 heterocycles. The van der Waals surface area contributed by atoms with Gasteiger partial charge in [-0.2, -0.15) is 0 Å². The van der Waals surface area contributed by atoms with Crippen LogP contribution in [0.15, 0.2) is 42.6 Å². The lowest BCUT2D eigenvalue weighted by molar-refractivity contribution is -0.118. The molecule has 0 saturated carbocycles. The lowest BCUT2D eigenvalue weighted by atomic mass is 10.1. The van der Waals surface area contributed by atoms with Crippen LogP contribution in [0.4, 0.5) is 11.4 Å². The van der Waals surface area contributed by atoms with Crippen molar-refractivity contribution >= 4 is 57.3 Å². The standard InChI is InChI=1S/C19H16Cl2N4O2/c1-10-8-12-15(25-24-11(2)26)6-7-22-18(12)16(9-10)23-19(27)17-13(20)4-3-5-14(17)21/h3-9H,1-2H3,(H,22,25)(H,23,27)(H,24,26). The molecule has 2 amide bonds. The van der Waals surface area contributed by atoms with Crippen molar-refractivity contribution in [2.24, 2.45) is 0 Å². The molecule has 3 rings (SSSR count). The van der Waals surface area contributed by atoms with Crippen molar-refractivity contribution in [2.45, 2.75) is 13.8 Å². The number of benzene rings is 2. The zero-order chi connectivity index (χ0) is 19.6. The lowest BCUT2D eigenvalue weighted by Gasteiger charge is -2.14. The van der Waals surface area contributed by atoms with Gasteiger partial charge in [0, 0.05) is 18.5 Å². The first-order valence-corrected chi connectivity index (χ1v) is 8.79. The summed E-state index contributed by atoms with van der Waals surface area (Å²) in [5.41, 5.74) is 8.22. The van der Waals surface area contributed by atoms with E-state index in [1.165, 1.54) is 6.92 Å². The van der Waals surface area contributed by atoms with Gasteiger partial charge in [0.05, 0.1) is 32.5 Å². The number of pyridine rings is 1. The van der Waals surface area contributed by atoms with Crippen molar-refractivity contribution < 1.29 is 9.59 Å². The van der Waals surface area contributed by atoms with Gasteiger partial charge in [-0.15, -0.1) is 0 Å². The Morgan fingerprint density at radius 3 is 2.41 bits per heavy atom. The fraction of sp³-hybridized carbons (Fsp3) is 0.105. The van der Waals surface area contributed by atoms with Crippen LogP contribution < -0.4 is 16.2 Å². The Bertz CT molecular complexity index is 1030. The Kier molecular flexibility index (Phi) is 5.48. The zero-order valence-corrected chi connectivity index (χ0v) is 16.1. The summed E-state index contributed by atoms with van der Waals surface area (Å²) in [6.07, 6.45) is 1.58. The summed E-state index contributed by atoms with van der Waals surface area (Å²) in [6.45, 7) is 3.30. The highest BCUT2D eigenvalue weighted by atomic mass is 35.5. The number of nitrogens with one attached hydrogen (secondary N) is 3. The van der Waals surface area contributed by atoms with Crippen LogP contribution in [0.25, 0.3) is 10.9 Å². The average molecular weight is 403 g/mol. The molecular formula is C19H16Cl2N4O2. The van der Waals surface area contributed by atoms with E-state index in [1.54, 1.807) is 36.5 Å². The van der Waals surface area contributed by atoms with Gasteiger partial charge in [0.1, 0.15) is 0 Å². The number of fused-ring (bicyclic) bond motifs is 1. The van der Waals surface area contributed by atoms with E-state index >= 15 is 0 Å². The first-order chi connectivity index (χ1) is 12.9. The number of hydrogen-bond acceptors (Lipinski definition) is 4. The highest BCUT2D eigenvalue weighted by Gasteiger charge is 2.17. The van der Waals surface area contributed by atoms with Gasteiger partial charge in [0.15, 0.2) is 0 Å². The molecule has 6 nitrogen and oxygen atoms in total. The number of aromatic nitrogens is 1. The SMILES string of the molecule is CC(=O)NNc1ccnc2c(NC(=O)c3c(Cl)cccc3Cl)cc(C)cc12. The number of carbonyl (C=O) groups is 2. The number of aryl methyl sites for hydroxylation is 1. The molecule has 0 saturated heterocycles. The number of amides is 2. The van der Waals surface area contributed by atoms with Crippen molar-refractivity contribution in [3.63, 3.8) is 0 Å². The Labute approximate surface area is 165 Å². The summed E-state index contributed by atoms with van der Waals surface area (Å²) in [7, 11) is 0. The summed E-state index contributed by atoms with van der Waals surface area (Å²) in [4.78, 5) is 28.3. The minimum atomic E-state index is -0.431. The zero-order valence-electron chi connectivity index (χ0n) is 14.6. The first-order valence-electron chi connectivity index (χ1n) is 8.04. The molecule has 0 radical (unpaired) electrons. The van der Waals surface area contributed by atoms with Crippen LogP contribution in [0.5, 0.6) is 0 Å². The Morgan fingerprint density at radius 2 is 1.74 bits per heavy atom. The second-order valence-electron chi connectivity index (χ2n) is 5.92. The molecular weight excluding hydrogens is 387 g/mol. The van der Waals surface area contributed by atoms with Crippen LogP contribution in [0.2, 0.25) is 10.0 Å². The lowest BCUT2D eigenvalue weighted by Crippen LogP contribution is -2.26. The van der Waals surface area contributed by atoms with Crippen molar-refractivity contribution in [1.29, 1.82) is 0 Å². The van der Waals surface area contributed by atoms with E-state index in [-0.39, 0.29) is 21.5 Å². The highest BCUT2D eigenvalue weighted by Crippen LogP contribution is 2.31. The van der Waals surface area contributed by atoms with E-state index in [2.05, 4.69) is 21.2 Å². The molecule has 0 fully saturated rings. The van der Waals surface area contributed by atoms with Gasteiger partial charge in [0.25, 0.3) is 5.91 Å². The van der Waals surface area contributed by atoms with Crippen LogP contribution in [0.3, 0.4) is 0 Å². The molecule has 1 aromatic heterocycles. The summed E-state index contributed by atoms with van der Waals surface area (Å²) >= 11 is 12.3. The Balaban J connectivity index is 2.03. The second kappa shape index (κ2) is 7.82. The molecule has 0 aliphatic heterocycles. The summed E-state index contributed by atoms with van der Waals surface area (Å²) in [5.74, 6) is -0.658. The number of hydrogen-bond donors (Lipinski definition) is 3. The molecule has 8 heteroatoms. The maximum atomic E-state index is 12.7. The minimum Gasteiger partial charge on any atom is -0.320 e. The fourth-order valence-electron chi connectivity index (χ4n) is 2.66. The van der Waals surface area contributed by atoms with Crippen molar-refractivity contribution in [1.82, 2.24) is 10.4 Å². The topological polar surface area (TPSA) is 83.1 Å². The van der Waals surface area contributed by atoms with Crippen LogP contribution in [0, 0.1) is 6.92 Å². The van der Waals surface area contributed by atoms with E-state index < -0.39 is 5.91 Å². The third kappa shape index (κ3) is 4.13. The number of carbonyl (C=O) groups excluding carboxylic acids is 2. The molecule has 0 aliphatic rings. The number of nitrogens with zero attached hydrogens (tertiary/aromatic N) is 1. The average Bonchev–Trinajstić information content (AvgIpc) is 2.59. The molecule has 0 atom stereocenters. The number of halogens is 2. The molecule has 0 bridgehead atoms. The number of rotatable bonds is 4. The predicted octanol–water partition coefficient (Wildman–Crippen LogP) is 4.57. The fourth-order valence-corrected chi connectivity index (χ4v) is 3.23. The summed E-state index contributed by atoms with van der Waals surface area (Å²) in [5, 5.41) is 4.10. The van der Waals surface area contributed by atoms with Crippen molar-refractivity contribution in [3.05, 3.63) is 63.8 Å². The van der Waals surface area contributed by atoms with Crippen molar-refractivity contribution in [2.75, 3.05) is 10.7 Å². The summed E-state index contributed by atoms with van der Waals surface area (Å²) in [6, 6.07) is 10.3. The molecule has 138 valence electrons. The smallest absolute Gasteiger partial charge is 0.258 e. The maximum Gasteiger partial charge on any atom is 0.258 e. The predicted molar refractivity (Wildman–Crippen MR) is 108 cm³/mol. The molecule has 3 aromatic rings. The Hall–Kier alpha value is -2.83. The second-order valence-corrected chi connectivity index (χ2v) is 6.74. The van der Waals surface area contributed by atoms with Crippen LogP contribution in [-0.4, -0.2) is 16.8 Å². The van der Waals surface area contributed by atoms with Gasteiger partial charge < -0.3 is 5.32 Å². The number of hydrazine groups is 1. The highest BCUT2D eigenvalue weighted by molar-refractivity contribution is 6.40. The number of anilines is 2. The van der Waals surface area contributed by atoms with Crippen LogP contribution >= 0.6 is 23.2 Å². The normalized spacial score (nSPS) is 10.5. The van der Waals surface area contributed by atoms with Gasteiger partial charge in [-0.05, 0) is 42.8 Å². The minimum absolute atomic E-state index is 0.197. The van der Waals surface area contributed by atoms with Gasteiger partial charge in [-0.1, -0.05) is 29.3 Å². The van der Waals surface area contributed by atoms with Crippen LogP contribution in [0.1, 0.15) is 22.8 Å². The molecule has 2 aromatic carbocycles. The summed E-state index contributed by atoms with van der Waals surface area (Å²) < 4.78 is 0. The first kappa shape index (κ1) is 18.9. The maximum absolute atomic E-state index is 12.7. The monoisotopic (exact) mass is 402 g/mol. The van der Waals surface area contributed by atoms with Gasteiger partial charge in [-0.25, -0.2) is 0 Å². The Morgan fingerprint density at radius 1 is 1.04 bits per heavy atom. The third-order valence-corrected chi connectivity index (χ3v) is 4.43. The van der Waals surface area contributed by atoms with E-state index in [0.717, 1.165) is 10.9 Å². The van der Waals surface area contributed by atoms with Gasteiger partial charge in [0.2, 0.25) is 5.91 Å². The quantitative estimate of drug-likeness (QED) is 0.558. The van der Waals surface area contributed by atoms with E-state index in [4.69, 9.17) is 23.2 Å². The van der Waals surface area contributed by atoms with E-state index in [1.807, 2.05) is 13.0 Å². The van der Waals surface area contributed by atoms with Gasteiger partial charge in [-0.3, -0.25) is 25.4 Å². The third-order valence-electron chi connectivity index (χ3n) is 3.80. The molecule has 0 aliphatic carbocycles. The largest absolute Gasteiger partial charge is 0.320 e. The van der Waals surface area contributed by atoms with E-state index in [9.17, 15) is 9.59 Å². The van der Waals surface area contributed by atoms with Crippen molar-refractivity contribution in [3.8, 4) is 0 Å². The van der Waals surface area contributed by atoms with Gasteiger partial charge >= 0.3 is 0 Å². The molecule has 0 spiro atoms.